The summed E-state index contributed by atoms with van der Waals surface area (Å²) in [4.78, 5) is 35.9. The van der Waals surface area contributed by atoms with Gasteiger partial charge in [-0.25, -0.2) is 4.79 Å². The van der Waals surface area contributed by atoms with Crippen molar-refractivity contribution in [2.45, 2.75) is 33.0 Å². The molecule has 0 radical (unpaired) electrons. The summed E-state index contributed by atoms with van der Waals surface area (Å²) in [5, 5.41) is 14.6. The summed E-state index contributed by atoms with van der Waals surface area (Å²) in [6, 6.07) is 9.04. The molecule has 28 heavy (non-hydrogen) atoms. The van der Waals surface area contributed by atoms with Gasteiger partial charge in [0.1, 0.15) is 5.75 Å². The Labute approximate surface area is 161 Å². The predicted octanol–water partition coefficient (Wildman–Crippen LogP) is 3.14. The Morgan fingerprint density at radius 3 is 2.68 bits per heavy atom. The van der Waals surface area contributed by atoms with Gasteiger partial charge in [-0.05, 0) is 51.1 Å². The molecule has 0 spiro atoms. The standard InChI is InChI=1S/C20H20N2O6/c1-10(2)27-16-8-7-12(20(25)26)9-15(16)22-19(24)13-5-4-6-14-17(13)28-11(3)18(23)21-14/h4-11H,1-3H3,(H,21,23)(H,22,24)(H,25,26). The van der Waals surface area contributed by atoms with Crippen LogP contribution >= 0.6 is 0 Å². The number of nitrogens with one attached hydrogen (secondary N) is 2. The van der Waals surface area contributed by atoms with Crippen molar-refractivity contribution in [2.75, 3.05) is 10.6 Å². The van der Waals surface area contributed by atoms with E-state index in [0.29, 0.717) is 11.4 Å². The Balaban J connectivity index is 1.95. The number of hydrogen-bond acceptors (Lipinski definition) is 5. The van der Waals surface area contributed by atoms with Crippen molar-refractivity contribution in [3.63, 3.8) is 0 Å². The van der Waals surface area contributed by atoms with Crippen LogP contribution in [0.15, 0.2) is 36.4 Å². The summed E-state index contributed by atoms with van der Waals surface area (Å²) in [6.07, 6.45) is -0.910. The van der Waals surface area contributed by atoms with Crippen molar-refractivity contribution in [1.29, 1.82) is 0 Å². The minimum absolute atomic E-state index is 0.0126. The van der Waals surface area contributed by atoms with Crippen molar-refractivity contribution in [1.82, 2.24) is 0 Å². The van der Waals surface area contributed by atoms with Crippen LogP contribution < -0.4 is 20.1 Å². The van der Waals surface area contributed by atoms with Crippen molar-refractivity contribution < 1.29 is 29.0 Å². The Hall–Kier alpha value is -3.55. The molecular formula is C20H20N2O6. The van der Waals surface area contributed by atoms with Crippen LogP contribution in [-0.2, 0) is 4.79 Å². The molecule has 0 fully saturated rings. The molecule has 3 N–H and O–H groups in total. The molecule has 1 aliphatic rings. The summed E-state index contributed by atoms with van der Waals surface area (Å²) in [7, 11) is 0. The van der Waals surface area contributed by atoms with Gasteiger partial charge in [0.25, 0.3) is 11.8 Å². The van der Waals surface area contributed by atoms with E-state index in [1.807, 2.05) is 13.8 Å². The van der Waals surface area contributed by atoms with Crippen LogP contribution in [0.4, 0.5) is 11.4 Å². The maximum atomic E-state index is 12.9. The highest BCUT2D eigenvalue weighted by atomic mass is 16.5. The average Bonchev–Trinajstić information content (AvgIpc) is 2.63. The van der Waals surface area contributed by atoms with Gasteiger partial charge in [0.2, 0.25) is 0 Å². The number of aromatic carboxylic acids is 1. The SMILES string of the molecule is CC(C)Oc1ccc(C(=O)O)cc1NC(=O)c1cccc2c1OC(C)C(=O)N2. The normalized spacial score (nSPS) is 15.3. The number of carbonyl (C=O) groups is 3. The molecule has 0 saturated carbocycles. The summed E-state index contributed by atoms with van der Waals surface area (Å²) < 4.78 is 11.3. The number of anilines is 2. The van der Waals surface area contributed by atoms with Crippen LogP contribution in [-0.4, -0.2) is 35.1 Å². The number of carbonyl (C=O) groups excluding carboxylic acids is 2. The zero-order chi connectivity index (χ0) is 20.4. The molecule has 2 aromatic rings. The molecule has 1 aliphatic heterocycles. The molecule has 1 unspecified atom stereocenters. The van der Waals surface area contributed by atoms with E-state index in [1.165, 1.54) is 18.2 Å². The number of rotatable bonds is 5. The largest absolute Gasteiger partial charge is 0.489 e. The predicted molar refractivity (Wildman–Crippen MR) is 102 cm³/mol. The third-order valence-electron chi connectivity index (χ3n) is 4.02. The van der Waals surface area contributed by atoms with E-state index in [4.69, 9.17) is 9.47 Å². The van der Waals surface area contributed by atoms with Crippen LogP contribution in [0.25, 0.3) is 0 Å². The maximum Gasteiger partial charge on any atom is 0.335 e. The van der Waals surface area contributed by atoms with Gasteiger partial charge < -0.3 is 25.2 Å². The molecule has 0 saturated heterocycles. The zero-order valence-electron chi connectivity index (χ0n) is 15.6. The van der Waals surface area contributed by atoms with Gasteiger partial charge in [-0.2, -0.15) is 0 Å². The lowest BCUT2D eigenvalue weighted by molar-refractivity contribution is -0.122. The van der Waals surface area contributed by atoms with Gasteiger partial charge in [-0.15, -0.1) is 0 Å². The Morgan fingerprint density at radius 1 is 1.25 bits per heavy atom. The molecule has 8 nitrogen and oxygen atoms in total. The van der Waals surface area contributed by atoms with Crippen LogP contribution in [0.3, 0.4) is 0 Å². The second-order valence-electron chi connectivity index (χ2n) is 6.57. The number of hydrogen-bond donors (Lipinski definition) is 3. The molecule has 0 aromatic heterocycles. The van der Waals surface area contributed by atoms with Crippen LogP contribution in [0, 0.1) is 0 Å². The number of carboxylic acid groups (broad SMARTS) is 1. The lowest BCUT2D eigenvalue weighted by Crippen LogP contribution is -2.35. The van der Waals surface area contributed by atoms with Gasteiger partial charge in [-0.3, -0.25) is 9.59 Å². The Kier molecular flexibility index (Phi) is 5.21. The van der Waals surface area contributed by atoms with Gasteiger partial charge in [0, 0.05) is 0 Å². The van der Waals surface area contributed by atoms with Crippen molar-refractivity contribution >= 4 is 29.2 Å². The van der Waals surface area contributed by atoms with Gasteiger partial charge in [-0.1, -0.05) is 6.07 Å². The fourth-order valence-electron chi connectivity index (χ4n) is 2.71. The average molecular weight is 384 g/mol. The molecule has 1 heterocycles. The number of para-hydroxylation sites is 1. The highest BCUT2D eigenvalue weighted by molar-refractivity contribution is 6.10. The fourth-order valence-corrected chi connectivity index (χ4v) is 2.71. The van der Waals surface area contributed by atoms with Crippen molar-refractivity contribution in [3.8, 4) is 11.5 Å². The first kappa shape index (κ1) is 19.2. The number of benzene rings is 2. The van der Waals surface area contributed by atoms with Crippen LogP contribution in [0.2, 0.25) is 0 Å². The number of amides is 2. The molecule has 146 valence electrons. The molecule has 2 aromatic carbocycles. The van der Waals surface area contributed by atoms with Gasteiger partial charge in [0.05, 0.1) is 28.6 Å². The minimum atomic E-state index is -1.12. The first-order valence-corrected chi connectivity index (χ1v) is 8.72. The molecule has 3 rings (SSSR count). The van der Waals surface area contributed by atoms with E-state index in [-0.39, 0.29) is 34.6 Å². The lowest BCUT2D eigenvalue weighted by atomic mass is 10.1. The first-order valence-electron chi connectivity index (χ1n) is 8.72. The molecule has 1 atom stereocenters. The molecular weight excluding hydrogens is 364 g/mol. The number of fused-ring (bicyclic) bond motifs is 1. The van der Waals surface area contributed by atoms with E-state index in [9.17, 15) is 19.5 Å². The quantitative estimate of drug-likeness (QED) is 0.730. The molecule has 0 aliphatic carbocycles. The van der Waals surface area contributed by atoms with Crippen molar-refractivity contribution in [3.05, 3.63) is 47.5 Å². The smallest absolute Gasteiger partial charge is 0.335 e. The Morgan fingerprint density at radius 2 is 2.00 bits per heavy atom. The summed E-state index contributed by atoms with van der Waals surface area (Å²) in [5.74, 6) is -1.33. The topological polar surface area (TPSA) is 114 Å². The zero-order valence-corrected chi connectivity index (χ0v) is 15.6. The maximum absolute atomic E-state index is 12.9. The monoisotopic (exact) mass is 384 g/mol. The third kappa shape index (κ3) is 3.90. The second-order valence-corrected chi connectivity index (χ2v) is 6.57. The number of carboxylic acids is 1. The third-order valence-corrected chi connectivity index (χ3v) is 4.02. The van der Waals surface area contributed by atoms with E-state index >= 15 is 0 Å². The van der Waals surface area contributed by atoms with Gasteiger partial charge >= 0.3 is 5.97 Å². The highest BCUT2D eigenvalue weighted by Gasteiger charge is 2.28. The van der Waals surface area contributed by atoms with E-state index < -0.39 is 18.0 Å². The van der Waals surface area contributed by atoms with Gasteiger partial charge in [0.15, 0.2) is 11.9 Å². The van der Waals surface area contributed by atoms with Crippen LogP contribution in [0.1, 0.15) is 41.5 Å². The lowest BCUT2D eigenvalue weighted by Gasteiger charge is -2.25. The molecule has 2 amide bonds. The fraction of sp³-hybridized carbons (Fsp3) is 0.250. The number of ether oxygens (including phenoxy) is 2. The Bertz CT molecular complexity index is 954. The van der Waals surface area contributed by atoms with E-state index in [2.05, 4.69) is 10.6 Å². The first-order chi connectivity index (χ1) is 13.3. The summed E-state index contributed by atoms with van der Waals surface area (Å²) >= 11 is 0. The van der Waals surface area contributed by atoms with E-state index in [0.717, 1.165) is 0 Å². The van der Waals surface area contributed by atoms with E-state index in [1.54, 1.807) is 25.1 Å². The highest BCUT2D eigenvalue weighted by Crippen LogP contribution is 2.35. The molecule has 0 bridgehead atoms. The van der Waals surface area contributed by atoms with Crippen molar-refractivity contribution in [2.24, 2.45) is 0 Å². The molecule has 8 heteroatoms. The van der Waals surface area contributed by atoms with Crippen LogP contribution in [0.5, 0.6) is 11.5 Å². The summed E-state index contributed by atoms with van der Waals surface area (Å²) in [5.41, 5.74) is 0.844. The summed E-state index contributed by atoms with van der Waals surface area (Å²) in [6.45, 7) is 5.22. The minimum Gasteiger partial charge on any atom is -0.489 e. The second kappa shape index (κ2) is 7.59.